The van der Waals surface area contributed by atoms with Gasteiger partial charge in [-0.2, -0.15) is 0 Å². The molecule has 4 nitrogen and oxygen atoms in total. The van der Waals surface area contributed by atoms with E-state index in [9.17, 15) is 12.8 Å². The largest absolute Gasteiger partial charge is 0.488 e. The molecule has 0 aliphatic rings. The van der Waals surface area contributed by atoms with Gasteiger partial charge < -0.3 is 4.74 Å². The van der Waals surface area contributed by atoms with Gasteiger partial charge in [0.15, 0.2) is 0 Å². The van der Waals surface area contributed by atoms with Crippen LogP contribution in [0.5, 0.6) is 5.75 Å². The van der Waals surface area contributed by atoms with Crippen molar-refractivity contribution >= 4 is 26.0 Å². The predicted molar refractivity (Wildman–Crippen MR) is 61.2 cm³/mol. The van der Waals surface area contributed by atoms with Crippen molar-refractivity contribution in [3.8, 4) is 5.75 Å². The van der Waals surface area contributed by atoms with Crippen molar-refractivity contribution in [2.45, 2.75) is 4.90 Å². The van der Waals surface area contributed by atoms with Crippen LogP contribution in [-0.2, 0) is 10.0 Å². The number of hydrogen-bond donors (Lipinski definition) is 1. The van der Waals surface area contributed by atoms with Crippen molar-refractivity contribution < 1.29 is 17.5 Å². The highest BCUT2D eigenvalue weighted by atomic mass is 79.9. The van der Waals surface area contributed by atoms with Gasteiger partial charge in [-0.1, -0.05) is 12.7 Å². The van der Waals surface area contributed by atoms with Gasteiger partial charge in [0, 0.05) is 6.07 Å². The summed E-state index contributed by atoms with van der Waals surface area (Å²) < 4.78 is 40.7. The van der Waals surface area contributed by atoms with Gasteiger partial charge in [-0.3, -0.25) is 0 Å². The lowest BCUT2D eigenvalue weighted by Gasteiger charge is -2.08. The first kappa shape index (κ1) is 13.1. The van der Waals surface area contributed by atoms with Crippen LogP contribution in [0.25, 0.3) is 0 Å². The molecule has 16 heavy (non-hydrogen) atoms. The average molecular weight is 310 g/mol. The van der Waals surface area contributed by atoms with Gasteiger partial charge in [0.25, 0.3) is 0 Å². The number of rotatable bonds is 4. The molecule has 0 radical (unpaired) electrons. The van der Waals surface area contributed by atoms with Crippen LogP contribution in [-0.4, -0.2) is 15.0 Å². The highest BCUT2D eigenvalue weighted by Gasteiger charge is 2.17. The molecular weight excluding hydrogens is 301 g/mol. The Morgan fingerprint density at radius 2 is 2.19 bits per heavy atom. The summed E-state index contributed by atoms with van der Waals surface area (Å²) in [5, 5.41) is 4.83. The van der Waals surface area contributed by atoms with Crippen molar-refractivity contribution in [1.29, 1.82) is 0 Å². The zero-order valence-electron chi connectivity index (χ0n) is 8.11. The fourth-order valence-electron chi connectivity index (χ4n) is 0.988. The SMILES string of the molecule is C=CCOc1cc(F)c(S(N)(=O)=O)cc1Br. The summed E-state index contributed by atoms with van der Waals surface area (Å²) in [6.45, 7) is 3.62. The highest BCUT2D eigenvalue weighted by molar-refractivity contribution is 9.10. The van der Waals surface area contributed by atoms with E-state index in [1.54, 1.807) is 0 Å². The van der Waals surface area contributed by atoms with Crippen molar-refractivity contribution in [2.24, 2.45) is 5.14 Å². The maximum Gasteiger partial charge on any atom is 0.241 e. The number of ether oxygens (including phenoxy) is 1. The van der Waals surface area contributed by atoms with Crippen molar-refractivity contribution in [1.82, 2.24) is 0 Å². The molecular formula is C9H9BrFNO3S. The van der Waals surface area contributed by atoms with Crippen LogP contribution in [0.4, 0.5) is 4.39 Å². The van der Waals surface area contributed by atoms with Gasteiger partial charge in [0.2, 0.25) is 10.0 Å². The lowest BCUT2D eigenvalue weighted by Crippen LogP contribution is -2.14. The standard InChI is InChI=1S/C9H9BrFNO3S/c1-2-3-15-8-5-7(11)9(4-6(8)10)16(12,13)14/h2,4-5H,1,3H2,(H2,12,13,14). The van der Waals surface area contributed by atoms with Crippen LogP contribution >= 0.6 is 15.9 Å². The third-order valence-electron chi connectivity index (χ3n) is 1.65. The topological polar surface area (TPSA) is 69.4 Å². The van der Waals surface area contributed by atoms with E-state index < -0.39 is 20.7 Å². The maximum absolute atomic E-state index is 13.4. The first-order valence-corrected chi connectivity index (χ1v) is 6.45. The number of halogens is 2. The lowest BCUT2D eigenvalue weighted by atomic mass is 10.3. The third kappa shape index (κ3) is 3.03. The summed E-state index contributed by atoms with van der Waals surface area (Å²) in [6.07, 6.45) is 1.48. The Labute approximate surface area is 101 Å². The van der Waals surface area contributed by atoms with Crippen LogP contribution in [0.1, 0.15) is 0 Å². The first-order valence-electron chi connectivity index (χ1n) is 4.12. The quantitative estimate of drug-likeness (QED) is 0.862. The Balaban J connectivity index is 3.22. The molecule has 0 aliphatic carbocycles. The Kier molecular flexibility index (Phi) is 4.06. The van der Waals surface area contributed by atoms with Gasteiger partial charge in [0.1, 0.15) is 23.1 Å². The van der Waals surface area contributed by atoms with E-state index in [-0.39, 0.29) is 12.4 Å². The molecule has 0 amide bonds. The Morgan fingerprint density at radius 1 is 1.56 bits per heavy atom. The van der Waals surface area contributed by atoms with E-state index in [4.69, 9.17) is 9.88 Å². The number of sulfonamides is 1. The smallest absolute Gasteiger partial charge is 0.241 e. The molecule has 7 heteroatoms. The van der Waals surface area contributed by atoms with E-state index in [2.05, 4.69) is 22.5 Å². The van der Waals surface area contributed by atoms with E-state index >= 15 is 0 Å². The summed E-state index contributed by atoms with van der Waals surface area (Å²) in [5.41, 5.74) is 0. The van der Waals surface area contributed by atoms with Gasteiger partial charge in [-0.25, -0.2) is 17.9 Å². The van der Waals surface area contributed by atoms with Crippen LogP contribution in [0.2, 0.25) is 0 Å². The van der Waals surface area contributed by atoms with Crippen LogP contribution < -0.4 is 9.88 Å². The molecule has 2 N–H and O–H groups in total. The molecule has 0 unspecified atom stereocenters. The summed E-state index contributed by atoms with van der Waals surface area (Å²) >= 11 is 3.06. The van der Waals surface area contributed by atoms with Gasteiger partial charge >= 0.3 is 0 Å². The minimum atomic E-state index is -4.07. The van der Waals surface area contributed by atoms with Gasteiger partial charge in [0.05, 0.1) is 4.47 Å². The molecule has 0 saturated carbocycles. The molecule has 0 fully saturated rings. The van der Waals surface area contributed by atoms with E-state index in [0.29, 0.717) is 4.47 Å². The third-order valence-corrected chi connectivity index (χ3v) is 3.20. The maximum atomic E-state index is 13.4. The van der Waals surface area contributed by atoms with Crippen LogP contribution in [0.15, 0.2) is 34.2 Å². The lowest BCUT2D eigenvalue weighted by molar-refractivity contribution is 0.357. The fourth-order valence-corrected chi connectivity index (χ4v) is 2.21. The van der Waals surface area contributed by atoms with Gasteiger partial charge in [-0.05, 0) is 22.0 Å². The molecule has 0 aliphatic heterocycles. The van der Waals surface area contributed by atoms with Crippen molar-refractivity contribution in [3.63, 3.8) is 0 Å². The number of nitrogens with two attached hydrogens (primary N) is 1. The van der Waals surface area contributed by atoms with Crippen molar-refractivity contribution in [2.75, 3.05) is 6.61 Å². The molecule has 0 spiro atoms. The minimum absolute atomic E-state index is 0.185. The molecule has 1 aromatic rings. The number of primary sulfonamides is 1. The fraction of sp³-hybridized carbons (Fsp3) is 0.111. The van der Waals surface area contributed by atoms with E-state index in [1.165, 1.54) is 6.08 Å². The monoisotopic (exact) mass is 309 g/mol. The van der Waals surface area contributed by atoms with Crippen LogP contribution in [0.3, 0.4) is 0 Å². The average Bonchev–Trinajstić information content (AvgIpc) is 2.17. The summed E-state index contributed by atoms with van der Waals surface area (Å²) in [5.74, 6) is -0.769. The summed E-state index contributed by atoms with van der Waals surface area (Å²) in [4.78, 5) is -0.578. The van der Waals surface area contributed by atoms with Gasteiger partial charge in [-0.15, -0.1) is 0 Å². The van der Waals surface area contributed by atoms with E-state index in [1.807, 2.05) is 0 Å². The first-order chi connectivity index (χ1) is 7.36. The zero-order chi connectivity index (χ0) is 12.3. The Morgan fingerprint density at radius 3 is 2.69 bits per heavy atom. The molecule has 0 saturated heterocycles. The second-order valence-electron chi connectivity index (χ2n) is 2.86. The molecule has 1 rings (SSSR count). The summed E-state index contributed by atoms with van der Waals surface area (Å²) in [7, 11) is -4.07. The molecule has 0 heterocycles. The minimum Gasteiger partial charge on any atom is -0.488 e. The molecule has 0 aromatic heterocycles. The van der Waals surface area contributed by atoms with E-state index in [0.717, 1.165) is 12.1 Å². The van der Waals surface area contributed by atoms with Crippen molar-refractivity contribution in [3.05, 3.63) is 35.1 Å². The number of benzene rings is 1. The normalized spacial score (nSPS) is 11.2. The van der Waals surface area contributed by atoms with Crippen LogP contribution in [0, 0.1) is 5.82 Å². The summed E-state index contributed by atoms with van der Waals surface area (Å²) in [6, 6.07) is 2.01. The Hall–Kier alpha value is -0.920. The second kappa shape index (κ2) is 4.94. The molecule has 1 aromatic carbocycles. The molecule has 0 atom stereocenters. The predicted octanol–water partition coefficient (Wildman–Crippen LogP) is 1.80. The zero-order valence-corrected chi connectivity index (χ0v) is 10.5. The highest BCUT2D eigenvalue weighted by Crippen LogP contribution is 2.29. The second-order valence-corrected chi connectivity index (χ2v) is 5.24. The number of hydrogen-bond acceptors (Lipinski definition) is 3. The Bertz CT molecular complexity index is 516. The molecule has 88 valence electrons. The molecule has 0 bridgehead atoms.